The molecule has 0 bridgehead atoms. The summed E-state index contributed by atoms with van der Waals surface area (Å²) >= 11 is 0. The van der Waals surface area contributed by atoms with Gasteiger partial charge in [0.1, 0.15) is 0 Å². The molecular weight excluding hydrogens is 282 g/mol. The largest absolute Gasteiger partial charge is 0.312 e. The number of rotatable bonds is 3. The van der Waals surface area contributed by atoms with E-state index < -0.39 is 9.84 Å². The Morgan fingerprint density at radius 2 is 1.86 bits per heavy atom. The van der Waals surface area contributed by atoms with E-state index in [1.807, 2.05) is 25.2 Å². The first kappa shape index (κ1) is 14.5. The van der Waals surface area contributed by atoms with Crippen molar-refractivity contribution < 1.29 is 8.42 Å². The minimum absolute atomic E-state index is 0.125. The Kier molecular flexibility index (Phi) is 4.00. The lowest BCUT2D eigenvalue weighted by Crippen LogP contribution is -2.39. The van der Waals surface area contributed by atoms with Gasteiger partial charge in [-0.15, -0.1) is 0 Å². The van der Waals surface area contributed by atoms with Crippen LogP contribution in [-0.2, 0) is 9.84 Å². The summed E-state index contributed by atoms with van der Waals surface area (Å²) in [7, 11) is -1.15. The topological polar surface area (TPSA) is 46.2 Å². The molecule has 21 heavy (non-hydrogen) atoms. The van der Waals surface area contributed by atoms with Crippen molar-refractivity contribution in [3.05, 3.63) is 48.0 Å². The summed E-state index contributed by atoms with van der Waals surface area (Å²) < 4.78 is 24.8. The van der Waals surface area contributed by atoms with E-state index in [2.05, 4.69) is 29.6 Å². The van der Waals surface area contributed by atoms with E-state index in [1.54, 1.807) is 0 Å². The van der Waals surface area contributed by atoms with Gasteiger partial charge in [-0.2, -0.15) is 0 Å². The van der Waals surface area contributed by atoms with Crippen LogP contribution in [0.4, 0.5) is 0 Å². The van der Waals surface area contributed by atoms with Gasteiger partial charge in [0.05, 0.1) is 11.0 Å². The molecule has 1 aliphatic rings. The molecule has 2 unspecified atom stereocenters. The summed E-state index contributed by atoms with van der Waals surface area (Å²) in [6, 6.07) is 14.3. The zero-order valence-electron chi connectivity index (χ0n) is 12.2. The molecule has 0 saturated carbocycles. The van der Waals surface area contributed by atoms with Crippen molar-refractivity contribution in [2.24, 2.45) is 0 Å². The summed E-state index contributed by atoms with van der Waals surface area (Å²) in [6.07, 6.45) is 2.54. The molecule has 3 nitrogen and oxygen atoms in total. The third-order valence-electron chi connectivity index (χ3n) is 4.44. The molecule has 1 saturated heterocycles. The van der Waals surface area contributed by atoms with E-state index in [0.29, 0.717) is 5.75 Å². The van der Waals surface area contributed by atoms with Gasteiger partial charge >= 0.3 is 0 Å². The number of hydrogen-bond donors (Lipinski definition) is 1. The fourth-order valence-electron chi connectivity index (χ4n) is 3.32. The van der Waals surface area contributed by atoms with Gasteiger partial charge in [0, 0.05) is 6.04 Å². The van der Waals surface area contributed by atoms with Crippen molar-refractivity contribution in [2.75, 3.05) is 12.8 Å². The third-order valence-corrected chi connectivity index (χ3v) is 6.73. The van der Waals surface area contributed by atoms with Gasteiger partial charge in [0.25, 0.3) is 0 Å². The van der Waals surface area contributed by atoms with Crippen molar-refractivity contribution in [3.8, 4) is 0 Å². The van der Waals surface area contributed by atoms with Crippen LogP contribution in [0.5, 0.6) is 0 Å². The molecule has 1 heterocycles. The number of benzene rings is 2. The first-order chi connectivity index (χ1) is 10.1. The fourth-order valence-corrected chi connectivity index (χ4v) is 5.47. The minimum Gasteiger partial charge on any atom is -0.312 e. The quantitative estimate of drug-likeness (QED) is 0.948. The lowest BCUT2D eigenvalue weighted by Gasteiger charge is -2.30. The lowest BCUT2D eigenvalue weighted by molar-refractivity contribution is 0.469. The van der Waals surface area contributed by atoms with E-state index in [-0.39, 0.29) is 11.3 Å². The van der Waals surface area contributed by atoms with Crippen LogP contribution < -0.4 is 5.32 Å². The second-order valence-electron chi connectivity index (χ2n) is 5.77. The lowest BCUT2D eigenvalue weighted by atomic mass is 9.97. The van der Waals surface area contributed by atoms with Crippen LogP contribution in [0.3, 0.4) is 0 Å². The van der Waals surface area contributed by atoms with Crippen molar-refractivity contribution in [1.82, 2.24) is 5.32 Å². The van der Waals surface area contributed by atoms with Crippen LogP contribution >= 0.6 is 0 Å². The normalized spacial score (nSPS) is 23.0. The standard InChI is InChI=1S/C17H21NO2S/c1-18-17(16-8-4-5-11-21(16,19)20)15-10-9-13-6-2-3-7-14(13)12-15/h2-3,6-7,9-10,12,16-18H,4-5,8,11H2,1H3. The molecule has 1 fully saturated rings. The molecule has 0 aliphatic carbocycles. The highest BCUT2D eigenvalue weighted by Gasteiger charge is 2.35. The Morgan fingerprint density at radius 1 is 1.10 bits per heavy atom. The molecule has 112 valence electrons. The average molecular weight is 303 g/mol. The van der Waals surface area contributed by atoms with Crippen LogP contribution in [0.2, 0.25) is 0 Å². The minimum atomic E-state index is -3.00. The van der Waals surface area contributed by atoms with E-state index in [9.17, 15) is 8.42 Å². The van der Waals surface area contributed by atoms with Crippen molar-refractivity contribution in [1.29, 1.82) is 0 Å². The molecule has 0 aromatic heterocycles. The first-order valence-electron chi connectivity index (χ1n) is 7.49. The van der Waals surface area contributed by atoms with Crippen LogP contribution in [0, 0.1) is 0 Å². The molecule has 1 aliphatic heterocycles. The molecule has 0 radical (unpaired) electrons. The zero-order valence-corrected chi connectivity index (χ0v) is 13.1. The maximum absolute atomic E-state index is 12.4. The first-order valence-corrected chi connectivity index (χ1v) is 9.21. The van der Waals surface area contributed by atoms with Gasteiger partial charge < -0.3 is 5.32 Å². The summed E-state index contributed by atoms with van der Waals surface area (Å²) in [6.45, 7) is 0. The highest BCUT2D eigenvalue weighted by molar-refractivity contribution is 7.92. The zero-order chi connectivity index (χ0) is 14.9. The predicted molar refractivity (Wildman–Crippen MR) is 87.2 cm³/mol. The summed E-state index contributed by atoms with van der Waals surface area (Å²) in [5, 5.41) is 5.26. The number of nitrogens with one attached hydrogen (secondary N) is 1. The maximum Gasteiger partial charge on any atom is 0.155 e. The van der Waals surface area contributed by atoms with Crippen LogP contribution in [-0.4, -0.2) is 26.5 Å². The van der Waals surface area contributed by atoms with Gasteiger partial charge in [-0.25, -0.2) is 8.42 Å². The summed E-state index contributed by atoms with van der Waals surface area (Å²) in [4.78, 5) is 0. The maximum atomic E-state index is 12.4. The average Bonchev–Trinajstić information content (AvgIpc) is 2.49. The van der Waals surface area contributed by atoms with Crippen LogP contribution in [0.1, 0.15) is 30.9 Å². The van der Waals surface area contributed by atoms with Gasteiger partial charge in [-0.1, -0.05) is 42.8 Å². The molecule has 3 rings (SSSR count). The summed E-state index contributed by atoms with van der Waals surface area (Å²) in [5.41, 5.74) is 1.06. The van der Waals surface area contributed by atoms with Gasteiger partial charge in [0.2, 0.25) is 0 Å². The number of sulfone groups is 1. The molecular formula is C17H21NO2S. The Balaban J connectivity index is 2.01. The molecule has 2 atom stereocenters. The monoisotopic (exact) mass is 303 g/mol. The molecule has 0 spiro atoms. The number of hydrogen-bond acceptors (Lipinski definition) is 3. The van der Waals surface area contributed by atoms with Crippen molar-refractivity contribution >= 4 is 20.6 Å². The SMILES string of the molecule is CNC(c1ccc2ccccc2c1)C1CCCCS1(=O)=O. The van der Waals surface area contributed by atoms with Gasteiger partial charge in [0.15, 0.2) is 9.84 Å². The molecule has 2 aromatic carbocycles. The second-order valence-corrected chi connectivity index (χ2v) is 8.11. The summed E-state index contributed by atoms with van der Waals surface area (Å²) in [5.74, 6) is 0.323. The molecule has 1 N–H and O–H groups in total. The molecule has 4 heteroatoms. The third kappa shape index (κ3) is 2.83. The molecule has 0 amide bonds. The Hall–Kier alpha value is -1.39. The van der Waals surface area contributed by atoms with E-state index in [1.165, 1.54) is 5.39 Å². The van der Waals surface area contributed by atoms with E-state index in [0.717, 1.165) is 30.2 Å². The smallest absolute Gasteiger partial charge is 0.155 e. The van der Waals surface area contributed by atoms with E-state index >= 15 is 0 Å². The van der Waals surface area contributed by atoms with Crippen LogP contribution in [0.15, 0.2) is 42.5 Å². The predicted octanol–water partition coefficient (Wildman–Crippen LogP) is 3.07. The van der Waals surface area contributed by atoms with Gasteiger partial charge in [-0.3, -0.25) is 0 Å². The highest BCUT2D eigenvalue weighted by Crippen LogP contribution is 2.31. The fraction of sp³-hybridized carbons (Fsp3) is 0.412. The Morgan fingerprint density at radius 3 is 2.57 bits per heavy atom. The second kappa shape index (κ2) is 5.78. The number of fused-ring (bicyclic) bond motifs is 1. The van der Waals surface area contributed by atoms with Crippen molar-refractivity contribution in [2.45, 2.75) is 30.6 Å². The van der Waals surface area contributed by atoms with Crippen molar-refractivity contribution in [3.63, 3.8) is 0 Å². The Bertz CT molecular complexity index is 739. The van der Waals surface area contributed by atoms with E-state index in [4.69, 9.17) is 0 Å². The van der Waals surface area contributed by atoms with Gasteiger partial charge in [-0.05, 0) is 42.3 Å². The highest BCUT2D eigenvalue weighted by atomic mass is 32.2. The Labute approximate surface area is 126 Å². The van der Waals surface area contributed by atoms with Crippen LogP contribution in [0.25, 0.3) is 10.8 Å². The molecule has 2 aromatic rings.